The number of benzene rings is 2. The zero-order valence-electron chi connectivity index (χ0n) is 13.4. The van der Waals surface area contributed by atoms with Crippen molar-refractivity contribution in [2.24, 2.45) is 0 Å². The predicted molar refractivity (Wildman–Crippen MR) is 97.2 cm³/mol. The molecule has 0 spiro atoms. The van der Waals surface area contributed by atoms with Crippen molar-refractivity contribution in [3.05, 3.63) is 70.5 Å². The Morgan fingerprint density at radius 1 is 1.19 bits per heavy atom. The molecule has 0 aliphatic rings. The van der Waals surface area contributed by atoms with Crippen molar-refractivity contribution in [2.75, 3.05) is 5.32 Å². The molecule has 2 aromatic heterocycles. The van der Waals surface area contributed by atoms with E-state index in [1.54, 1.807) is 30.3 Å². The number of aromatic amines is 2. The first-order valence-corrected chi connectivity index (χ1v) is 8.67. The summed E-state index contributed by atoms with van der Waals surface area (Å²) in [6.45, 7) is 0. The van der Waals surface area contributed by atoms with Crippen molar-refractivity contribution in [2.45, 2.75) is 10.9 Å². The molecule has 0 radical (unpaired) electrons. The van der Waals surface area contributed by atoms with E-state index in [1.165, 1.54) is 18.1 Å². The van der Waals surface area contributed by atoms with E-state index in [9.17, 15) is 9.59 Å². The number of nitrogens with one attached hydrogen (secondary N) is 3. The summed E-state index contributed by atoms with van der Waals surface area (Å²) >= 11 is 1.53. The Balaban J connectivity index is 1.42. The third-order valence-electron chi connectivity index (χ3n) is 3.66. The lowest BCUT2D eigenvalue weighted by molar-refractivity contribution is 0.102. The second-order valence-electron chi connectivity index (χ2n) is 5.46. The number of fused-ring (bicyclic) bond motifs is 1. The summed E-state index contributed by atoms with van der Waals surface area (Å²) in [5, 5.41) is 10.1. The largest absolute Gasteiger partial charge is 0.417 e. The molecular weight excluding hydrogens is 354 g/mol. The predicted octanol–water partition coefficient (Wildman–Crippen LogP) is 2.78. The Bertz CT molecular complexity index is 1100. The molecule has 8 nitrogen and oxygen atoms in total. The molecule has 2 aromatic carbocycles. The van der Waals surface area contributed by atoms with Gasteiger partial charge in [-0.3, -0.25) is 14.9 Å². The van der Waals surface area contributed by atoms with Crippen molar-refractivity contribution in [3.63, 3.8) is 0 Å². The Labute approximate surface area is 151 Å². The van der Waals surface area contributed by atoms with Crippen LogP contribution in [-0.4, -0.2) is 26.1 Å². The van der Waals surface area contributed by atoms with Crippen LogP contribution >= 0.6 is 11.8 Å². The van der Waals surface area contributed by atoms with Crippen LogP contribution in [0, 0.1) is 0 Å². The van der Waals surface area contributed by atoms with E-state index in [4.69, 9.17) is 4.42 Å². The molecule has 0 fully saturated rings. The minimum absolute atomic E-state index is 0.232. The maximum absolute atomic E-state index is 12.4. The van der Waals surface area contributed by atoms with Crippen LogP contribution in [0.15, 0.2) is 63.2 Å². The average molecular weight is 367 g/mol. The zero-order valence-corrected chi connectivity index (χ0v) is 14.2. The highest BCUT2D eigenvalue weighted by Crippen LogP contribution is 2.20. The number of H-pyrrole nitrogens is 2. The maximum Gasteiger partial charge on any atom is 0.417 e. The number of hydrogen-bond acceptors (Lipinski definition) is 6. The highest BCUT2D eigenvalue weighted by Gasteiger charge is 2.08. The topological polar surface area (TPSA) is 117 Å². The van der Waals surface area contributed by atoms with Gasteiger partial charge in [0, 0.05) is 17.0 Å². The number of oxazole rings is 1. The molecule has 0 saturated carbocycles. The fourth-order valence-electron chi connectivity index (χ4n) is 2.40. The highest BCUT2D eigenvalue weighted by molar-refractivity contribution is 7.98. The van der Waals surface area contributed by atoms with Gasteiger partial charge in [-0.05, 0) is 35.9 Å². The molecule has 0 aliphatic carbocycles. The third-order valence-corrected chi connectivity index (χ3v) is 4.61. The van der Waals surface area contributed by atoms with Gasteiger partial charge in [0.15, 0.2) is 10.7 Å². The van der Waals surface area contributed by atoms with E-state index in [0.717, 1.165) is 16.5 Å². The second kappa shape index (κ2) is 6.89. The Morgan fingerprint density at radius 3 is 2.81 bits per heavy atom. The normalized spacial score (nSPS) is 10.9. The molecule has 3 N–H and O–H groups in total. The van der Waals surface area contributed by atoms with E-state index in [-0.39, 0.29) is 5.91 Å². The Hall–Kier alpha value is -3.33. The van der Waals surface area contributed by atoms with Crippen molar-refractivity contribution in [3.8, 4) is 0 Å². The lowest BCUT2D eigenvalue weighted by Gasteiger charge is -2.06. The Kier molecular flexibility index (Phi) is 4.28. The summed E-state index contributed by atoms with van der Waals surface area (Å²) in [7, 11) is 0. The van der Waals surface area contributed by atoms with Gasteiger partial charge in [0.25, 0.3) is 5.91 Å². The SMILES string of the molecule is O=C(Nc1ccc2oc(=O)[nH]c2c1)c1ccc(CSc2ncn[nH]2)cc1. The maximum atomic E-state index is 12.4. The number of aromatic nitrogens is 4. The van der Waals surface area contributed by atoms with Gasteiger partial charge >= 0.3 is 5.76 Å². The second-order valence-corrected chi connectivity index (χ2v) is 6.42. The summed E-state index contributed by atoms with van der Waals surface area (Å²) in [6, 6.07) is 12.3. The van der Waals surface area contributed by atoms with Gasteiger partial charge < -0.3 is 9.73 Å². The van der Waals surface area contributed by atoms with Gasteiger partial charge in [0.2, 0.25) is 0 Å². The summed E-state index contributed by atoms with van der Waals surface area (Å²) in [5.74, 6) is -0.0337. The summed E-state index contributed by atoms with van der Waals surface area (Å²) in [6.07, 6.45) is 1.46. The summed E-state index contributed by atoms with van der Waals surface area (Å²) in [4.78, 5) is 30.2. The van der Waals surface area contributed by atoms with Crippen molar-refractivity contribution < 1.29 is 9.21 Å². The highest BCUT2D eigenvalue weighted by atomic mass is 32.2. The fraction of sp³-hybridized carbons (Fsp3) is 0.0588. The van der Waals surface area contributed by atoms with Gasteiger partial charge in [-0.1, -0.05) is 23.9 Å². The van der Waals surface area contributed by atoms with Gasteiger partial charge in [-0.15, -0.1) is 0 Å². The Morgan fingerprint density at radius 2 is 2.04 bits per heavy atom. The molecule has 4 aromatic rings. The molecule has 0 saturated heterocycles. The summed E-state index contributed by atoms with van der Waals surface area (Å²) < 4.78 is 4.94. The van der Waals surface area contributed by atoms with Crippen molar-refractivity contribution in [1.29, 1.82) is 0 Å². The molecule has 2 heterocycles. The smallest absolute Gasteiger partial charge is 0.408 e. The number of carbonyl (C=O) groups is 1. The number of carbonyl (C=O) groups excluding carboxylic acids is 1. The molecule has 26 heavy (non-hydrogen) atoms. The van der Waals surface area contributed by atoms with Crippen LogP contribution in [0.25, 0.3) is 11.1 Å². The molecule has 0 atom stereocenters. The van der Waals surface area contributed by atoms with E-state index in [1.807, 2.05) is 12.1 Å². The van der Waals surface area contributed by atoms with E-state index in [2.05, 4.69) is 25.5 Å². The molecule has 0 unspecified atom stereocenters. The minimum Gasteiger partial charge on any atom is -0.408 e. The average Bonchev–Trinajstić information content (AvgIpc) is 3.28. The molecule has 9 heteroatoms. The first kappa shape index (κ1) is 16.2. The fourth-order valence-corrected chi connectivity index (χ4v) is 3.14. The number of hydrogen-bond donors (Lipinski definition) is 3. The molecule has 0 aliphatic heterocycles. The third kappa shape index (κ3) is 3.52. The molecule has 0 bridgehead atoms. The number of rotatable bonds is 5. The van der Waals surface area contributed by atoms with Crippen LogP contribution in [0.1, 0.15) is 15.9 Å². The van der Waals surface area contributed by atoms with Crippen LogP contribution < -0.4 is 11.1 Å². The van der Waals surface area contributed by atoms with Crippen LogP contribution in [0.4, 0.5) is 5.69 Å². The quantitative estimate of drug-likeness (QED) is 0.467. The molecular formula is C17H13N5O3S. The van der Waals surface area contributed by atoms with E-state index < -0.39 is 5.76 Å². The first-order valence-electron chi connectivity index (χ1n) is 7.69. The minimum atomic E-state index is -0.526. The first-order chi connectivity index (χ1) is 12.7. The van der Waals surface area contributed by atoms with Gasteiger partial charge in [0.05, 0.1) is 5.52 Å². The van der Waals surface area contributed by atoms with Crippen molar-refractivity contribution >= 4 is 34.5 Å². The van der Waals surface area contributed by atoms with Gasteiger partial charge in [-0.25, -0.2) is 9.78 Å². The molecule has 1 amide bonds. The standard InChI is InChI=1S/C17H13N5O3S/c23-15(20-12-5-6-14-13(7-12)21-17(24)25-14)11-3-1-10(2-4-11)8-26-16-18-9-19-22-16/h1-7,9H,8H2,(H,20,23)(H,21,24)(H,18,19,22). The number of nitrogens with zero attached hydrogens (tertiary/aromatic N) is 2. The van der Waals surface area contributed by atoms with Crippen LogP contribution in [0.5, 0.6) is 0 Å². The monoisotopic (exact) mass is 367 g/mol. The zero-order chi connectivity index (χ0) is 17.9. The van der Waals surface area contributed by atoms with Crippen LogP contribution in [0.3, 0.4) is 0 Å². The van der Waals surface area contributed by atoms with Crippen LogP contribution in [-0.2, 0) is 5.75 Å². The number of anilines is 1. The van der Waals surface area contributed by atoms with Gasteiger partial charge in [-0.2, -0.15) is 5.10 Å². The summed E-state index contributed by atoms with van der Waals surface area (Å²) in [5.41, 5.74) is 3.17. The lowest BCUT2D eigenvalue weighted by atomic mass is 10.1. The van der Waals surface area contributed by atoms with Gasteiger partial charge in [0.1, 0.15) is 6.33 Å². The lowest BCUT2D eigenvalue weighted by Crippen LogP contribution is -2.11. The van der Waals surface area contributed by atoms with Crippen LogP contribution in [0.2, 0.25) is 0 Å². The molecule has 130 valence electrons. The molecule has 4 rings (SSSR count). The van der Waals surface area contributed by atoms with E-state index >= 15 is 0 Å². The van der Waals surface area contributed by atoms with Crippen molar-refractivity contribution in [1.82, 2.24) is 20.2 Å². The number of thioether (sulfide) groups is 1. The van der Waals surface area contributed by atoms with E-state index in [0.29, 0.717) is 22.4 Å². The number of amides is 1.